The molecule has 15 aromatic rings. The standard InChI is InChI=1S/C70H46N4S/c1-3-19-52(20-4-1)73-65-25-13-11-23-60(65)63-45-57(35-38-68(63)73)71(55-33-27-47-15-7-9-17-50(47)43-55)54-31-29-49(30-32-54)59-37-40-67(62-41-42-75-70(59)62)72(56-34-28-48-16-8-10-18-51(48)44-56)58-36-39-69-64(46-58)61-24-12-14-26-66(61)74(69)53-21-5-2-6-22-53/h1-46H. The SMILES string of the molecule is c1ccc(-n2c3ccccc3c3cc(N(c4ccc(-c5ccc(N(c6ccc7ccccc7c6)c6ccc7c(c6)c6ccccc6n7-c6ccccc6)c6ccsc56)cc4)c4ccc5ccccc5c4)ccc32)cc1. The first-order valence-corrected chi connectivity index (χ1v) is 26.4. The van der Waals surface area contributed by atoms with Crippen LogP contribution in [0.25, 0.3) is 97.7 Å². The molecule has 75 heavy (non-hydrogen) atoms. The molecule has 352 valence electrons. The van der Waals surface area contributed by atoms with E-state index in [0.717, 1.165) is 45.5 Å². The van der Waals surface area contributed by atoms with Crippen molar-refractivity contribution < 1.29 is 0 Å². The molecule has 12 aromatic carbocycles. The van der Waals surface area contributed by atoms with Gasteiger partial charge < -0.3 is 18.9 Å². The summed E-state index contributed by atoms with van der Waals surface area (Å²) in [5.41, 5.74) is 16.1. The fourth-order valence-corrected chi connectivity index (χ4v) is 12.6. The summed E-state index contributed by atoms with van der Waals surface area (Å²) in [4.78, 5) is 4.86. The first-order chi connectivity index (χ1) is 37.2. The number of thiophene rings is 1. The van der Waals surface area contributed by atoms with Crippen LogP contribution in [-0.4, -0.2) is 9.13 Å². The highest BCUT2D eigenvalue weighted by molar-refractivity contribution is 7.17. The van der Waals surface area contributed by atoms with E-state index in [1.807, 2.05) is 0 Å². The summed E-state index contributed by atoms with van der Waals surface area (Å²) in [7, 11) is 0. The second kappa shape index (κ2) is 17.5. The summed E-state index contributed by atoms with van der Waals surface area (Å²) in [6, 6.07) is 99.9. The van der Waals surface area contributed by atoms with Crippen molar-refractivity contribution >= 4 is 121 Å². The molecule has 0 aliphatic carbocycles. The van der Waals surface area contributed by atoms with E-state index in [9.17, 15) is 0 Å². The molecule has 3 heterocycles. The van der Waals surface area contributed by atoms with Gasteiger partial charge in [0.05, 0.1) is 27.8 Å². The minimum Gasteiger partial charge on any atom is -0.310 e. The summed E-state index contributed by atoms with van der Waals surface area (Å²) in [6.45, 7) is 0. The largest absolute Gasteiger partial charge is 0.310 e. The summed E-state index contributed by atoms with van der Waals surface area (Å²) in [5.74, 6) is 0. The number of rotatable bonds is 9. The predicted molar refractivity (Wildman–Crippen MR) is 320 cm³/mol. The van der Waals surface area contributed by atoms with Gasteiger partial charge in [-0.25, -0.2) is 0 Å². The van der Waals surface area contributed by atoms with Crippen molar-refractivity contribution in [3.63, 3.8) is 0 Å². The third kappa shape index (κ3) is 7.12. The summed E-state index contributed by atoms with van der Waals surface area (Å²) in [6.07, 6.45) is 0. The van der Waals surface area contributed by atoms with Gasteiger partial charge in [0.15, 0.2) is 0 Å². The van der Waals surface area contributed by atoms with E-state index in [-0.39, 0.29) is 0 Å². The van der Waals surface area contributed by atoms with Crippen molar-refractivity contribution in [2.24, 2.45) is 0 Å². The van der Waals surface area contributed by atoms with E-state index >= 15 is 0 Å². The number of para-hydroxylation sites is 4. The van der Waals surface area contributed by atoms with Gasteiger partial charge in [0.25, 0.3) is 0 Å². The van der Waals surface area contributed by atoms with E-state index in [4.69, 9.17) is 0 Å². The van der Waals surface area contributed by atoms with Gasteiger partial charge in [0, 0.05) is 71.4 Å². The van der Waals surface area contributed by atoms with Gasteiger partial charge in [-0.1, -0.05) is 152 Å². The maximum Gasteiger partial charge on any atom is 0.0548 e. The molecule has 5 heteroatoms. The van der Waals surface area contributed by atoms with Crippen LogP contribution in [-0.2, 0) is 0 Å². The van der Waals surface area contributed by atoms with Crippen molar-refractivity contribution in [2.75, 3.05) is 9.80 Å². The maximum atomic E-state index is 2.46. The summed E-state index contributed by atoms with van der Waals surface area (Å²) < 4.78 is 6.02. The minimum absolute atomic E-state index is 1.09. The van der Waals surface area contributed by atoms with Crippen molar-refractivity contribution in [1.29, 1.82) is 0 Å². The smallest absolute Gasteiger partial charge is 0.0548 e. The van der Waals surface area contributed by atoms with Crippen molar-refractivity contribution in [3.8, 4) is 22.5 Å². The fourth-order valence-electron chi connectivity index (χ4n) is 11.7. The average molecular weight is 975 g/mol. The molecule has 0 atom stereocenters. The Morgan fingerprint density at radius 1 is 0.280 bits per heavy atom. The highest BCUT2D eigenvalue weighted by atomic mass is 32.1. The first kappa shape index (κ1) is 43.0. The lowest BCUT2D eigenvalue weighted by atomic mass is 10.0. The molecule has 0 saturated heterocycles. The van der Waals surface area contributed by atoms with Crippen LogP contribution in [0.3, 0.4) is 0 Å². The van der Waals surface area contributed by atoms with Gasteiger partial charge in [-0.3, -0.25) is 0 Å². The quantitative estimate of drug-likeness (QED) is 0.143. The Morgan fingerprint density at radius 2 is 0.720 bits per heavy atom. The second-order valence-corrected chi connectivity index (χ2v) is 20.3. The van der Waals surface area contributed by atoms with Gasteiger partial charge in [0.1, 0.15) is 0 Å². The number of hydrogen-bond donors (Lipinski definition) is 0. The van der Waals surface area contributed by atoms with E-state index in [1.54, 1.807) is 11.3 Å². The Hall–Kier alpha value is -9.68. The van der Waals surface area contributed by atoms with Gasteiger partial charge >= 0.3 is 0 Å². The van der Waals surface area contributed by atoms with Crippen LogP contribution in [0.1, 0.15) is 0 Å². The maximum absolute atomic E-state index is 2.46. The van der Waals surface area contributed by atoms with Crippen molar-refractivity contribution in [3.05, 3.63) is 278 Å². The molecule has 0 unspecified atom stereocenters. The Morgan fingerprint density at radius 3 is 1.29 bits per heavy atom. The van der Waals surface area contributed by atoms with E-state index < -0.39 is 0 Å². The fraction of sp³-hybridized carbons (Fsp3) is 0. The Bertz CT molecular complexity index is 4660. The van der Waals surface area contributed by atoms with Crippen LogP contribution in [0.5, 0.6) is 0 Å². The van der Waals surface area contributed by atoms with Gasteiger partial charge in [0.2, 0.25) is 0 Å². The number of benzene rings is 12. The first-order valence-electron chi connectivity index (χ1n) is 25.6. The monoisotopic (exact) mass is 974 g/mol. The summed E-state index contributed by atoms with van der Waals surface area (Å²) >= 11 is 1.80. The van der Waals surface area contributed by atoms with Crippen LogP contribution < -0.4 is 9.80 Å². The number of aromatic nitrogens is 2. The molecule has 15 rings (SSSR count). The second-order valence-electron chi connectivity index (χ2n) is 19.4. The third-order valence-electron chi connectivity index (χ3n) is 15.1. The molecule has 0 amide bonds. The molecule has 0 aliphatic heterocycles. The molecular formula is C70H46N4S. The van der Waals surface area contributed by atoms with E-state index in [2.05, 4.69) is 297 Å². The van der Waals surface area contributed by atoms with Gasteiger partial charge in [-0.15, -0.1) is 11.3 Å². The number of nitrogens with zero attached hydrogens (tertiary/aromatic N) is 4. The Balaban J connectivity index is 0.860. The highest BCUT2D eigenvalue weighted by Gasteiger charge is 2.23. The van der Waals surface area contributed by atoms with Crippen LogP contribution in [0.4, 0.5) is 34.1 Å². The average Bonchev–Trinajstić information content (AvgIpc) is 4.24. The molecule has 0 radical (unpaired) electrons. The van der Waals surface area contributed by atoms with Crippen LogP contribution in [0, 0.1) is 0 Å². The normalized spacial score (nSPS) is 11.7. The predicted octanol–water partition coefficient (Wildman–Crippen LogP) is 20.0. The zero-order chi connectivity index (χ0) is 49.4. The van der Waals surface area contributed by atoms with Crippen LogP contribution in [0.2, 0.25) is 0 Å². The summed E-state index contributed by atoms with van der Waals surface area (Å²) in [5, 5.41) is 13.2. The molecule has 4 nitrogen and oxygen atoms in total. The lowest BCUT2D eigenvalue weighted by molar-refractivity contribution is 1.18. The molecular weight excluding hydrogens is 929 g/mol. The molecule has 0 aliphatic rings. The lowest BCUT2D eigenvalue weighted by Crippen LogP contribution is -2.10. The van der Waals surface area contributed by atoms with Crippen LogP contribution >= 0.6 is 11.3 Å². The van der Waals surface area contributed by atoms with Gasteiger partial charge in [-0.05, 0) is 159 Å². The zero-order valence-corrected chi connectivity index (χ0v) is 41.6. The molecule has 0 saturated carbocycles. The third-order valence-corrected chi connectivity index (χ3v) is 16.1. The van der Waals surface area contributed by atoms with Crippen molar-refractivity contribution in [1.82, 2.24) is 9.13 Å². The number of hydrogen-bond acceptors (Lipinski definition) is 3. The zero-order valence-electron chi connectivity index (χ0n) is 40.8. The number of fused-ring (bicyclic) bond motifs is 9. The molecule has 0 spiro atoms. The number of anilines is 6. The highest BCUT2D eigenvalue weighted by Crippen LogP contribution is 2.47. The molecule has 0 N–H and O–H groups in total. The molecule has 0 bridgehead atoms. The Kier molecular flexibility index (Phi) is 10.0. The molecule has 0 fully saturated rings. The lowest BCUT2D eigenvalue weighted by Gasteiger charge is -2.27. The molecule has 3 aromatic heterocycles. The Labute approximate surface area is 438 Å². The topological polar surface area (TPSA) is 16.3 Å². The van der Waals surface area contributed by atoms with Gasteiger partial charge in [-0.2, -0.15) is 0 Å². The van der Waals surface area contributed by atoms with E-state index in [0.29, 0.717) is 0 Å². The van der Waals surface area contributed by atoms with Crippen LogP contribution in [0.15, 0.2) is 278 Å². The minimum atomic E-state index is 1.09. The van der Waals surface area contributed by atoms with Crippen molar-refractivity contribution in [2.45, 2.75) is 0 Å². The van der Waals surface area contributed by atoms with E-state index in [1.165, 1.54) is 86.4 Å².